The molecule has 0 bridgehead atoms. The maximum Gasteiger partial charge on any atom is 0.319 e. The fourth-order valence-electron chi connectivity index (χ4n) is 3.32. The molecule has 8 heteroatoms. The second-order valence-corrected chi connectivity index (χ2v) is 7.30. The summed E-state index contributed by atoms with van der Waals surface area (Å²) in [5.41, 5.74) is 1.19. The predicted octanol–water partition coefficient (Wildman–Crippen LogP) is 2.89. The van der Waals surface area contributed by atoms with E-state index in [9.17, 15) is 18.8 Å². The minimum atomic E-state index is -0.418. The summed E-state index contributed by atoms with van der Waals surface area (Å²) in [5.74, 6) is -0.643. The molecule has 2 aromatic carbocycles. The number of likely N-dealkylation sites (tertiary alicyclic amines) is 1. The summed E-state index contributed by atoms with van der Waals surface area (Å²) < 4.78 is 13.7. The van der Waals surface area contributed by atoms with Crippen molar-refractivity contribution in [2.75, 3.05) is 18.4 Å². The van der Waals surface area contributed by atoms with E-state index in [1.807, 2.05) is 6.92 Å². The molecule has 4 amide bonds. The van der Waals surface area contributed by atoms with Gasteiger partial charge in [0, 0.05) is 48.9 Å². The van der Waals surface area contributed by atoms with E-state index in [4.69, 9.17) is 0 Å². The van der Waals surface area contributed by atoms with Crippen LogP contribution in [0.4, 0.5) is 14.9 Å². The van der Waals surface area contributed by atoms with E-state index in [-0.39, 0.29) is 30.2 Å². The maximum absolute atomic E-state index is 13.7. The highest BCUT2D eigenvalue weighted by Gasteiger charge is 2.22. The fourth-order valence-corrected chi connectivity index (χ4v) is 3.32. The van der Waals surface area contributed by atoms with Crippen LogP contribution in [0.5, 0.6) is 0 Å². The molecule has 0 aromatic heterocycles. The molecule has 7 nitrogen and oxygen atoms in total. The molecular formula is C22H25FN4O3. The van der Waals surface area contributed by atoms with Gasteiger partial charge >= 0.3 is 6.03 Å². The molecule has 158 valence electrons. The van der Waals surface area contributed by atoms with Crippen molar-refractivity contribution in [2.24, 2.45) is 0 Å². The van der Waals surface area contributed by atoms with E-state index in [0.29, 0.717) is 29.8 Å². The number of amides is 4. The van der Waals surface area contributed by atoms with E-state index in [1.165, 1.54) is 6.07 Å². The molecule has 30 heavy (non-hydrogen) atoms. The summed E-state index contributed by atoms with van der Waals surface area (Å²) >= 11 is 0. The summed E-state index contributed by atoms with van der Waals surface area (Å²) in [7, 11) is 0. The quantitative estimate of drug-likeness (QED) is 0.653. The summed E-state index contributed by atoms with van der Waals surface area (Å²) in [6.07, 6.45) is 1.41. The standard InChI is InChI=1S/C22H25FN4O3/c1-15(14-27-11-5-10-20(27)28)25-22(30)26-18-8-4-7-16(12-18)21(29)24-13-17-6-2-3-9-19(17)23/h2-4,6-9,12,15H,5,10-11,13-14H2,1H3,(H,24,29)(H2,25,26,30). The number of anilines is 1. The van der Waals surface area contributed by atoms with Crippen molar-refractivity contribution in [1.29, 1.82) is 0 Å². The number of rotatable bonds is 7. The molecule has 1 fully saturated rings. The number of urea groups is 1. The van der Waals surface area contributed by atoms with Crippen LogP contribution in [-0.4, -0.2) is 41.9 Å². The Bertz CT molecular complexity index is 934. The second-order valence-electron chi connectivity index (χ2n) is 7.30. The van der Waals surface area contributed by atoms with Crippen LogP contribution in [0.1, 0.15) is 35.7 Å². The van der Waals surface area contributed by atoms with Crippen molar-refractivity contribution in [3.63, 3.8) is 0 Å². The highest BCUT2D eigenvalue weighted by atomic mass is 19.1. The van der Waals surface area contributed by atoms with Gasteiger partial charge in [0.2, 0.25) is 5.91 Å². The lowest BCUT2D eigenvalue weighted by Crippen LogP contribution is -2.44. The first-order chi connectivity index (χ1) is 14.4. The largest absolute Gasteiger partial charge is 0.348 e. The zero-order valence-electron chi connectivity index (χ0n) is 16.8. The minimum Gasteiger partial charge on any atom is -0.348 e. The molecule has 0 saturated carbocycles. The summed E-state index contributed by atoms with van der Waals surface area (Å²) in [5, 5.41) is 8.15. The average Bonchev–Trinajstić information content (AvgIpc) is 3.11. The van der Waals surface area contributed by atoms with Gasteiger partial charge in [0.1, 0.15) is 5.82 Å². The van der Waals surface area contributed by atoms with Crippen LogP contribution >= 0.6 is 0 Å². The van der Waals surface area contributed by atoms with E-state index >= 15 is 0 Å². The van der Waals surface area contributed by atoms with Gasteiger partial charge in [-0.2, -0.15) is 0 Å². The molecule has 1 atom stereocenters. The first-order valence-corrected chi connectivity index (χ1v) is 9.89. The molecule has 0 aliphatic carbocycles. The Labute approximate surface area is 174 Å². The van der Waals surface area contributed by atoms with Crippen LogP contribution in [0.15, 0.2) is 48.5 Å². The minimum absolute atomic E-state index is 0.0659. The van der Waals surface area contributed by atoms with E-state index < -0.39 is 6.03 Å². The zero-order chi connectivity index (χ0) is 21.5. The van der Waals surface area contributed by atoms with E-state index in [0.717, 1.165) is 13.0 Å². The van der Waals surface area contributed by atoms with Gasteiger partial charge < -0.3 is 20.9 Å². The molecule has 2 aromatic rings. The van der Waals surface area contributed by atoms with Gasteiger partial charge in [0.05, 0.1) is 0 Å². The van der Waals surface area contributed by atoms with Crippen molar-refractivity contribution in [3.05, 3.63) is 65.5 Å². The molecular weight excluding hydrogens is 387 g/mol. The number of nitrogens with one attached hydrogen (secondary N) is 3. The van der Waals surface area contributed by atoms with Crippen LogP contribution in [0, 0.1) is 5.82 Å². The third kappa shape index (κ3) is 5.79. The second kappa shape index (κ2) is 9.87. The van der Waals surface area contributed by atoms with Crippen molar-refractivity contribution >= 4 is 23.5 Å². The predicted molar refractivity (Wildman–Crippen MR) is 111 cm³/mol. The van der Waals surface area contributed by atoms with Crippen molar-refractivity contribution in [3.8, 4) is 0 Å². The summed E-state index contributed by atoms with van der Waals surface area (Å²) in [6.45, 7) is 3.08. The van der Waals surface area contributed by atoms with Crippen molar-refractivity contribution in [2.45, 2.75) is 32.4 Å². The number of hydrogen-bond donors (Lipinski definition) is 3. The van der Waals surface area contributed by atoms with Crippen LogP contribution in [0.2, 0.25) is 0 Å². The Hall–Kier alpha value is -3.42. The Morgan fingerprint density at radius 1 is 1.17 bits per heavy atom. The monoisotopic (exact) mass is 412 g/mol. The molecule has 1 aliphatic heterocycles. The molecule has 3 N–H and O–H groups in total. The highest BCUT2D eigenvalue weighted by Crippen LogP contribution is 2.13. The van der Waals surface area contributed by atoms with Gasteiger partial charge in [-0.05, 0) is 37.6 Å². The van der Waals surface area contributed by atoms with Crippen molar-refractivity contribution in [1.82, 2.24) is 15.5 Å². The molecule has 1 aliphatic rings. The normalized spacial score (nSPS) is 14.3. The third-order valence-electron chi connectivity index (χ3n) is 4.82. The van der Waals surface area contributed by atoms with E-state index in [2.05, 4.69) is 16.0 Å². The number of carbonyl (C=O) groups is 3. The average molecular weight is 412 g/mol. The number of benzene rings is 2. The summed E-state index contributed by atoms with van der Waals surface area (Å²) in [4.78, 5) is 38.0. The van der Waals surface area contributed by atoms with Gasteiger partial charge in [0.25, 0.3) is 5.91 Å². The van der Waals surface area contributed by atoms with Crippen LogP contribution in [0.25, 0.3) is 0 Å². The number of carbonyl (C=O) groups excluding carboxylic acids is 3. The molecule has 1 unspecified atom stereocenters. The van der Waals surface area contributed by atoms with Gasteiger partial charge in [-0.3, -0.25) is 9.59 Å². The zero-order valence-corrected chi connectivity index (χ0v) is 16.8. The smallest absolute Gasteiger partial charge is 0.319 e. The number of hydrogen-bond acceptors (Lipinski definition) is 3. The van der Waals surface area contributed by atoms with Gasteiger partial charge in [0.15, 0.2) is 0 Å². The molecule has 0 radical (unpaired) electrons. The Morgan fingerprint density at radius 2 is 1.97 bits per heavy atom. The topological polar surface area (TPSA) is 90.5 Å². The Kier molecular flexibility index (Phi) is 7.00. The van der Waals surface area contributed by atoms with Crippen LogP contribution in [0.3, 0.4) is 0 Å². The Balaban J connectivity index is 1.51. The number of halogens is 1. The molecule has 1 saturated heterocycles. The van der Waals surface area contributed by atoms with Gasteiger partial charge in [-0.15, -0.1) is 0 Å². The van der Waals surface area contributed by atoms with E-state index in [1.54, 1.807) is 47.4 Å². The van der Waals surface area contributed by atoms with Crippen LogP contribution in [-0.2, 0) is 11.3 Å². The lowest BCUT2D eigenvalue weighted by Gasteiger charge is -2.21. The summed E-state index contributed by atoms with van der Waals surface area (Å²) in [6, 6.07) is 12.1. The number of nitrogens with zero attached hydrogens (tertiary/aromatic N) is 1. The van der Waals surface area contributed by atoms with Crippen molar-refractivity contribution < 1.29 is 18.8 Å². The highest BCUT2D eigenvalue weighted by molar-refractivity contribution is 5.96. The van der Waals surface area contributed by atoms with Gasteiger partial charge in [-0.1, -0.05) is 24.3 Å². The Morgan fingerprint density at radius 3 is 2.70 bits per heavy atom. The molecule has 1 heterocycles. The maximum atomic E-state index is 13.7. The lowest BCUT2D eigenvalue weighted by molar-refractivity contribution is -0.127. The third-order valence-corrected chi connectivity index (χ3v) is 4.82. The fraction of sp³-hybridized carbons (Fsp3) is 0.318. The lowest BCUT2D eigenvalue weighted by atomic mass is 10.1. The first kappa shape index (κ1) is 21.3. The SMILES string of the molecule is CC(CN1CCCC1=O)NC(=O)Nc1cccc(C(=O)NCc2ccccc2F)c1. The van der Waals surface area contributed by atoms with Gasteiger partial charge in [-0.25, -0.2) is 9.18 Å². The molecule has 0 spiro atoms. The molecule has 3 rings (SSSR count). The van der Waals surface area contributed by atoms with Crippen LogP contribution < -0.4 is 16.0 Å². The first-order valence-electron chi connectivity index (χ1n) is 9.89.